The van der Waals surface area contributed by atoms with Crippen LogP contribution in [0.5, 0.6) is 0 Å². The summed E-state index contributed by atoms with van der Waals surface area (Å²) >= 11 is 0. The van der Waals surface area contributed by atoms with E-state index in [0.717, 1.165) is 0 Å². The minimum Gasteiger partial charge on any atom is -0.324 e. The van der Waals surface area contributed by atoms with Crippen LogP contribution in [0.4, 0.5) is 0 Å². The quantitative estimate of drug-likeness (QED) is 0.821. The lowest BCUT2D eigenvalue weighted by Crippen LogP contribution is -2.04. The Hall–Kier alpha value is -1.60. The van der Waals surface area contributed by atoms with Crippen LogP contribution in [0.25, 0.3) is 11.1 Å². The van der Waals surface area contributed by atoms with Crippen molar-refractivity contribution < 1.29 is 0 Å². The van der Waals surface area contributed by atoms with Crippen molar-refractivity contribution in [3.8, 4) is 11.1 Å². The molecule has 2 N–H and O–H groups in total. The van der Waals surface area contributed by atoms with Crippen molar-refractivity contribution in [1.29, 1.82) is 0 Å². The summed E-state index contributed by atoms with van der Waals surface area (Å²) in [4.78, 5) is 0. The Morgan fingerprint density at radius 1 is 0.941 bits per heavy atom. The third-order valence-corrected chi connectivity index (χ3v) is 3.14. The number of nitrogens with two attached hydrogens (primary N) is 1. The standard InChI is InChI=1S/C16H19N/c1-11-4-5-12(2)16(10-11)15-8-6-14(7-9-15)13(3)17/h4-10,13H,17H2,1-3H3. The van der Waals surface area contributed by atoms with Crippen LogP contribution in [0.3, 0.4) is 0 Å². The van der Waals surface area contributed by atoms with Crippen molar-refractivity contribution in [3.05, 3.63) is 59.2 Å². The Morgan fingerprint density at radius 2 is 1.59 bits per heavy atom. The van der Waals surface area contributed by atoms with Crippen LogP contribution >= 0.6 is 0 Å². The predicted molar refractivity (Wildman–Crippen MR) is 74.0 cm³/mol. The molecule has 0 aliphatic heterocycles. The minimum absolute atomic E-state index is 0.0997. The van der Waals surface area contributed by atoms with Crippen LogP contribution in [-0.4, -0.2) is 0 Å². The molecule has 0 saturated carbocycles. The van der Waals surface area contributed by atoms with Gasteiger partial charge in [-0.15, -0.1) is 0 Å². The molecule has 0 bridgehead atoms. The zero-order chi connectivity index (χ0) is 12.4. The average Bonchev–Trinajstić information content (AvgIpc) is 2.32. The van der Waals surface area contributed by atoms with E-state index in [1.54, 1.807) is 0 Å². The molecule has 0 aromatic heterocycles. The van der Waals surface area contributed by atoms with Crippen molar-refractivity contribution in [2.24, 2.45) is 5.73 Å². The van der Waals surface area contributed by atoms with E-state index in [1.165, 1.54) is 27.8 Å². The number of rotatable bonds is 2. The fourth-order valence-corrected chi connectivity index (χ4v) is 2.01. The van der Waals surface area contributed by atoms with Gasteiger partial charge in [0.05, 0.1) is 0 Å². The Kier molecular flexibility index (Phi) is 3.30. The normalized spacial score (nSPS) is 12.5. The van der Waals surface area contributed by atoms with E-state index in [9.17, 15) is 0 Å². The van der Waals surface area contributed by atoms with Crippen LogP contribution in [0.1, 0.15) is 29.7 Å². The topological polar surface area (TPSA) is 26.0 Å². The van der Waals surface area contributed by atoms with Gasteiger partial charge < -0.3 is 5.73 Å². The van der Waals surface area contributed by atoms with Crippen molar-refractivity contribution in [1.82, 2.24) is 0 Å². The molecule has 1 heteroatoms. The second-order valence-electron chi connectivity index (χ2n) is 4.73. The molecule has 0 amide bonds. The molecule has 2 rings (SSSR count). The summed E-state index contributed by atoms with van der Waals surface area (Å²) in [7, 11) is 0. The van der Waals surface area contributed by atoms with Crippen LogP contribution in [0.2, 0.25) is 0 Å². The second kappa shape index (κ2) is 4.72. The smallest absolute Gasteiger partial charge is 0.0266 e. The summed E-state index contributed by atoms with van der Waals surface area (Å²) in [6, 6.07) is 15.2. The van der Waals surface area contributed by atoms with E-state index in [2.05, 4.69) is 56.3 Å². The van der Waals surface area contributed by atoms with Crippen molar-refractivity contribution in [2.75, 3.05) is 0 Å². The summed E-state index contributed by atoms with van der Waals surface area (Å²) < 4.78 is 0. The lowest BCUT2D eigenvalue weighted by atomic mass is 9.97. The third kappa shape index (κ3) is 2.56. The maximum atomic E-state index is 5.86. The van der Waals surface area contributed by atoms with Crippen molar-refractivity contribution in [2.45, 2.75) is 26.8 Å². The van der Waals surface area contributed by atoms with Gasteiger partial charge in [0.15, 0.2) is 0 Å². The first-order chi connectivity index (χ1) is 8.08. The summed E-state index contributed by atoms with van der Waals surface area (Å²) in [5, 5.41) is 0. The minimum atomic E-state index is 0.0997. The highest BCUT2D eigenvalue weighted by atomic mass is 14.6. The summed E-state index contributed by atoms with van der Waals surface area (Å²) in [5.41, 5.74) is 12.2. The Balaban J connectivity index is 2.43. The third-order valence-electron chi connectivity index (χ3n) is 3.14. The van der Waals surface area contributed by atoms with Gasteiger partial charge in [-0.1, -0.05) is 48.0 Å². The van der Waals surface area contributed by atoms with E-state index < -0.39 is 0 Å². The van der Waals surface area contributed by atoms with Gasteiger partial charge in [0.2, 0.25) is 0 Å². The van der Waals surface area contributed by atoms with Crippen molar-refractivity contribution >= 4 is 0 Å². The molecule has 2 aromatic rings. The zero-order valence-corrected chi connectivity index (χ0v) is 10.7. The van der Waals surface area contributed by atoms with Crippen LogP contribution in [0, 0.1) is 13.8 Å². The van der Waals surface area contributed by atoms with E-state index in [0.29, 0.717) is 0 Å². The van der Waals surface area contributed by atoms with Gasteiger partial charge in [-0.2, -0.15) is 0 Å². The molecule has 1 unspecified atom stereocenters. The Labute approximate surface area is 103 Å². The van der Waals surface area contributed by atoms with Crippen LogP contribution in [-0.2, 0) is 0 Å². The number of benzene rings is 2. The number of aryl methyl sites for hydroxylation is 2. The van der Waals surface area contributed by atoms with E-state index in [4.69, 9.17) is 5.73 Å². The highest BCUT2D eigenvalue weighted by Crippen LogP contribution is 2.25. The summed E-state index contributed by atoms with van der Waals surface area (Å²) in [6.07, 6.45) is 0. The van der Waals surface area contributed by atoms with Crippen LogP contribution in [0.15, 0.2) is 42.5 Å². The molecule has 1 atom stereocenters. The molecule has 88 valence electrons. The molecule has 0 fully saturated rings. The fraction of sp³-hybridized carbons (Fsp3) is 0.250. The zero-order valence-electron chi connectivity index (χ0n) is 10.7. The molecular formula is C16H19N. The van der Waals surface area contributed by atoms with Gasteiger partial charge in [0, 0.05) is 6.04 Å². The van der Waals surface area contributed by atoms with Gasteiger partial charge in [0.25, 0.3) is 0 Å². The van der Waals surface area contributed by atoms with E-state index in [-0.39, 0.29) is 6.04 Å². The predicted octanol–water partition coefficient (Wildman–Crippen LogP) is 3.99. The van der Waals surface area contributed by atoms with E-state index >= 15 is 0 Å². The first-order valence-electron chi connectivity index (χ1n) is 6.01. The van der Waals surface area contributed by atoms with Gasteiger partial charge in [-0.05, 0) is 43.0 Å². The number of hydrogen-bond acceptors (Lipinski definition) is 1. The summed E-state index contributed by atoms with van der Waals surface area (Å²) in [6.45, 7) is 6.28. The number of hydrogen-bond donors (Lipinski definition) is 1. The molecule has 0 saturated heterocycles. The van der Waals surface area contributed by atoms with Gasteiger partial charge in [-0.3, -0.25) is 0 Å². The molecule has 1 nitrogen and oxygen atoms in total. The van der Waals surface area contributed by atoms with Gasteiger partial charge in [-0.25, -0.2) is 0 Å². The lowest BCUT2D eigenvalue weighted by Gasteiger charge is -2.10. The summed E-state index contributed by atoms with van der Waals surface area (Å²) in [5.74, 6) is 0. The molecule has 2 aromatic carbocycles. The Morgan fingerprint density at radius 3 is 2.18 bits per heavy atom. The molecular weight excluding hydrogens is 206 g/mol. The van der Waals surface area contributed by atoms with E-state index in [1.807, 2.05) is 6.92 Å². The molecule has 0 spiro atoms. The SMILES string of the molecule is Cc1ccc(C)c(-c2ccc(C(C)N)cc2)c1. The lowest BCUT2D eigenvalue weighted by molar-refractivity contribution is 0.818. The largest absolute Gasteiger partial charge is 0.324 e. The molecule has 17 heavy (non-hydrogen) atoms. The maximum absolute atomic E-state index is 5.86. The van der Waals surface area contributed by atoms with Gasteiger partial charge >= 0.3 is 0 Å². The second-order valence-corrected chi connectivity index (χ2v) is 4.73. The van der Waals surface area contributed by atoms with Crippen LogP contribution < -0.4 is 5.73 Å². The average molecular weight is 225 g/mol. The molecule has 0 radical (unpaired) electrons. The van der Waals surface area contributed by atoms with Crippen molar-refractivity contribution in [3.63, 3.8) is 0 Å². The molecule has 0 aliphatic carbocycles. The fourth-order valence-electron chi connectivity index (χ4n) is 2.01. The molecule has 0 aliphatic rings. The highest BCUT2D eigenvalue weighted by Gasteiger charge is 2.03. The maximum Gasteiger partial charge on any atom is 0.0266 e. The first kappa shape index (κ1) is 11.9. The van der Waals surface area contributed by atoms with Gasteiger partial charge in [0.1, 0.15) is 0 Å². The first-order valence-corrected chi connectivity index (χ1v) is 6.01. The molecule has 0 heterocycles. The Bertz CT molecular complexity index is 510. The highest BCUT2D eigenvalue weighted by molar-refractivity contribution is 5.68. The monoisotopic (exact) mass is 225 g/mol.